The lowest BCUT2D eigenvalue weighted by atomic mass is 9.92. The van der Waals surface area contributed by atoms with E-state index in [0.717, 1.165) is 24.6 Å². The highest BCUT2D eigenvalue weighted by atomic mass is 15.4. The summed E-state index contributed by atoms with van der Waals surface area (Å²) < 4.78 is 2.01. The van der Waals surface area contributed by atoms with Gasteiger partial charge in [0.15, 0.2) is 5.82 Å². The van der Waals surface area contributed by atoms with Crippen LogP contribution in [0.3, 0.4) is 0 Å². The fraction of sp³-hybridized carbons (Fsp3) is 0.500. The van der Waals surface area contributed by atoms with Crippen molar-refractivity contribution in [1.29, 1.82) is 0 Å². The van der Waals surface area contributed by atoms with Crippen LogP contribution in [0.1, 0.15) is 32.5 Å². The number of hydrogen-bond donors (Lipinski definition) is 0. The first kappa shape index (κ1) is 12.1. The quantitative estimate of drug-likeness (QED) is 0.826. The molecular formula is C14H19N5. The summed E-state index contributed by atoms with van der Waals surface area (Å²) in [6.07, 6.45) is 3.83. The Morgan fingerprint density at radius 3 is 2.47 bits per heavy atom. The molecule has 0 aliphatic carbocycles. The number of nitrogens with zero attached hydrogens (tertiary/aromatic N) is 5. The lowest BCUT2D eigenvalue weighted by Gasteiger charge is -2.39. The van der Waals surface area contributed by atoms with Gasteiger partial charge in [-0.1, -0.05) is 20.8 Å². The van der Waals surface area contributed by atoms with Gasteiger partial charge in [-0.05, 0) is 18.2 Å². The van der Waals surface area contributed by atoms with Crippen molar-refractivity contribution in [2.45, 2.75) is 32.2 Å². The van der Waals surface area contributed by atoms with Crippen molar-refractivity contribution in [3.05, 3.63) is 36.3 Å². The summed E-state index contributed by atoms with van der Waals surface area (Å²) in [5.41, 5.74) is 1.08. The highest BCUT2D eigenvalue weighted by Crippen LogP contribution is 2.26. The molecular weight excluding hydrogens is 238 g/mol. The molecule has 3 rings (SSSR count). The predicted octanol–water partition coefficient (Wildman–Crippen LogP) is 2.03. The molecule has 0 spiro atoms. The van der Waals surface area contributed by atoms with Crippen molar-refractivity contribution in [1.82, 2.24) is 20.0 Å². The van der Waals surface area contributed by atoms with Gasteiger partial charge < -0.3 is 4.90 Å². The molecule has 0 unspecified atom stereocenters. The first-order chi connectivity index (χ1) is 9.04. The average molecular weight is 257 g/mol. The van der Waals surface area contributed by atoms with Crippen molar-refractivity contribution in [2.24, 2.45) is 0 Å². The Balaban J connectivity index is 1.66. The molecule has 1 saturated heterocycles. The van der Waals surface area contributed by atoms with E-state index in [1.807, 2.05) is 23.1 Å². The topological polar surface area (TPSA) is 46.8 Å². The Morgan fingerprint density at radius 2 is 1.95 bits per heavy atom. The van der Waals surface area contributed by atoms with Gasteiger partial charge in [-0.25, -0.2) is 0 Å². The Kier molecular flexibility index (Phi) is 2.77. The minimum Gasteiger partial charge on any atom is -0.351 e. The zero-order chi connectivity index (χ0) is 13.5. The number of hydrogen-bond acceptors (Lipinski definition) is 4. The minimum atomic E-state index is 0.0536. The monoisotopic (exact) mass is 257 g/mol. The second kappa shape index (κ2) is 4.33. The molecule has 100 valence electrons. The summed E-state index contributed by atoms with van der Waals surface area (Å²) in [5, 5.41) is 12.9. The van der Waals surface area contributed by atoms with Crippen molar-refractivity contribution < 1.29 is 0 Å². The molecule has 0 aromatic carbocycles. The van der Waals surface area contributed by atoms with Crippen LogP contribution in [-0.4, -0.2) is 33.1 Å². The first-order valence-electron chi connectivity index (χ1n) is 6.62. The Hall–Kier alpha value is -1.91. The van der Waals surface area contributed by atoms with Crippen molar-refractivity contribution >= 4 is 5.82 Å². The molecule has 1 aliphatic heterocycles. The van der Waals surface area contributed by atoms with Crippen LogP contribution in [0.4, 0.5) is 5.82 Å². The third-order valence-electron chi connectivity index (χ3n) is 3.50. The van der Waals surface area contributed by atoms with Crippen LogP contribution in [0.25, 0.3) is 0 Å². The van der Waals surface area contributed by atoms with E-state index in [0.29, 0.717) is 6.04 Å². The molecule has 1 fully saturated rings. The Bertz CT molecular complexity index is 532. The molecule has 0 saturated carbocycles. The van der Waals surface area contributed by atoms with Gasteiger partial charge in [-0.15, -0.1) is 5.10 Å². The first-order valence-corrected chi connectivity index (χ1v) is 6.62. The maximum absolute atomic E-state index is 4.33. The maximum Gasteiger partial charge on any atom is 0.151 e. The summed E-state index contributed by atoms with van der Waals surface area (Å²) in [7, 11) is 0. The van der Waals surface area contributed by atoms with E-state index in [4.69, 9.17) is 0 Å². The molecule has 0 radical (unpaired) electrons. The molecule has 0 amide bonds. The molecule has 2 aromatic rings. The van der Waals surface area contributed by atoms with Gasteiger partial charge in [0.05, 0.1) is 11.7 Å². The predicted molar refractivity (Wildman–Crippen MR) is 74.2 cm³/mol. The lowest BCUT2D eigenvalue weighted by molar-refractivity contribution is 0.365. The van der Waals surface area contributed by atoms with Gasteiger partial charge in [0.1, 0.15) is 0 Å². The van der Waals surface area contributed by atoms with Gasteiger partial charge in [0.25, 0.3) is 0 Å². The number of anilines is 1. The molecule has 5 nitrogen and oxygen atoms in total. The van der Waals surface area contributed by atoms with Gasteiger partial charge >= 0.3 is 0 Å². The zero-order valence-electron chi connectivity index (χ0n) is 11.6. The van der Waals surface area contributed by atoms with Gasteiger partial charge in [0, 0.05) is 30.9 Å². The van der Waals surface area contributed by atoms with E-state index in [1.54, 1.807) is 0 Å². The van der Waals surface area contributed by atoms with Crippen LogP contribution < -0.4 is 4.90 Å². The lowest BCUT2D eigenvalue weighted by Crippen LogP contribution is -2.48. The van der Waals surface area contributed by atoms with E-state index in [-0.39, 0.29) is 5.41 Å². The highest BCUT2D eigenvalue weighted by molar-refractivity contribution is 5.41. The van der Waals surface area contributed by atoms with Crippen molar-refractivity contribution in [3.8, 4) is 0 Å². The average Bonchev–Trinajstić information content (AvgIpc) is 2.80. The fourth-order valence-corrected chi connectivity index (χ4v) is 2.20. The van der Waals surface area contributed by atoms with E-state index in [1.165, 1.54) is 0 Å². The Morgan fingerprint density at radius 1 is 1.16 bits per heavy atom. The Labute approximate surface area is 113 Å². The maximum atomic E-state index is 4.33. The second-order valence-corrected chi connectivity index (χ2v) is 6.07. The van der Waals surface area contributed by atoms with Crippen LogP contribution >= 0.6 is 0 Å². The van der Waals surface area contributed by atoms with E-state index < -0.39 is 0 Å². The number of rotatable bonds is 2. The molecule has 0 N–H and O–H groups in total. The molecule has 0 bridgehead atoms. The molecule has 5 heteroatoms. The fourth-order valence-electron chi connectivity index (χ4n) is 2.20. The minimum absolute atomic E-state index is 0.0536. The largest absolute Gasteiger partial charge is 0.351 e. The van der Waals surface area contributed by atoms with Crippen LogP contribution in [0.2, 0.25) is 0 Å². The summed E-state index contributed by atoms with van der Waals surface area (Å²) in [4.78, 5) is 2.23. The van der Waals surface area contributed by atoms with E-state index in [2.05, 4.69) is 53.1 Å². The zero-order valence-corrected chi connectivity index (χ0v) is 11.6. The van der Waals surface area contributed by atoms with Crippen LogP contribution in [0.15, 0.2) is 30.6 Å². The van der Waals surface area contributed by atoms with E-state index >= 15 is 0 Å². The van der Waals surface area contributed by atoms with Crippen molar-refractivity contribution in [3.63, 3.8) is 0 Å². The third-order valence-corrected chi connectivity index (χ3v) is 3.50. The van der Waals surface area contributed by atoms with Gasteiger partial charge in [-0.3, -0.25) is 4.68 Å². The highest BCUT2D eigenvalue weighted by Gasteiger charge is 2.29. The normalized spacial score (nSPS) is 16.5. The van der Waals surface area contributed by atoms with Gasteiger partial charge in [0.2, 0.25) is 0 Å². The molecule has 3 heterocycles. The molecule has 1 aliphatic rings. The summed E-state index contributed by atoms with van der Waals surface area (Å²) >= 11 is 0. The SMILES string of the molecule is CC(C)(C)c1ccc(N2CC(n3cccn3)C2)nn1. The number of aromatic nitrogens is 4. The standard InChI is InChI=1S/C14H19N5/c1-14(2,3)12-5-6-13(17-16-12)18-9-11(10-18)19-8-4-7-15-19/h4-8,11H,9-10H2,1-3H3. The third kappa shape index (κ3) is 2.32. The van der Waals surface area contributed by atoms with Gasteiger partial charge in [-0.2, -0.15) is 10.2 Å². The summed E-state index contributed by atoms with van der Waals surface area (Å²) in [5.74, 6) is 0.955. The van der Waals surface area contributed by atoms with Crippen LogP contribution in [0.5, 0.6) is 0 Å². The van der Waals surface area contributed by atoms with E-state index in [9.17, 15) is 0 Å². The summed E-state index contributed by atoms with van der Waals surface area (Å²) in [6.45, 7) is 8.34. The molecule has 0 atom stereocenters. The summed E-state index contributed by atoms with van der Waals surface area (Å²) in [6, 6.07) is 6.55. The molecule has 19 heavy (non-hydrogen) atoms. The smallest absolute Gasteiger partial charge is 0.151 e. The second-order valence-electron chi connectivity index (χ2n) is 6.07. The van der Waals surface area contributed by atoms with Crippen LogP contribution in [0, 0.1) is 0 Å². The van der Waals surface area contributed by atoms with Crippen LogP contribution in [-0.2, 0) is 5.41 Å². The van der Waals surface area contributed by atoms with Crippen molar-refractivity contribution in [2.75, 3.05) is 18.0 Å². The molecule has 2 aromatic heterocycles.